The van der Waals surface area contributed by atoms with E-state index in [1.807, 2.05) is 6.07 Å². The molecule has 0 saturated heterocycles. The minimum Gasteiger partial charge on any atom is -0.496 e. The Morgan fingerprint density at radius 2 is 2.17 bits per heavy atom. The van der Waals surface area contributed by atoms with Gasteiger partial charge in [-0.2, -0.15) is 0 Å². The van der Waals surface area contributed by atoms with Crippen LogP contribution in [0.2, 0.25) is 0 Å². The molecule has 0 saturated carbocycles. The van der Waals surface area contributed by atoms with Crippen LogP contribution in [0.3, 0.4) is 0 Å². The molecule has 0 aliphatic carbocycles. The van der Waals surface area contributed by atoms with E-state index in [2.05, 4.69) is 44.1 Å². The molecule has 1 rings (SSSR count). The van der Waals surface area contributed by atoms with E-state index in [0.29, 0.717) is 6.04 Å². The minimum absolute atomic E-state index is 0.234. The van der Waals surface area contributed by atoms with Gasteiger partial charge in [0, 0.05) is 24.1 Å². The first-order valence-corrected chi connectivity index (χ1v) is 6.46. The Morgan fingerprint density at radius 1 is 1.44 bits per heavy atom. The summed E-state index contributed by atoms with van der Waals surface area (Å²) in [7, 11) is 1.71. The molecule has 0 spiro atoms. The van der Waals surface area contributed by atoms with Crippen molar-refractivity contribution >= 4 is 0 Å². The molecule has 0 amide bonds. The van der Waals surface area contributed by atoms with E-state index >= 15 is 0 Å². The van der Waals surface area contributed by atoms with E-state index in [1.54, 1.807) is 7.11 Å². The van der Waals surface area contributed by atoms with Crippen LogP contribution in [0.5, 0.6) is 5.75 Å². The fraction of sp³-hybridized carbons (Fsp3) is 0.500. The minimum atomic E-state index is 0.234. The lowest BCUT2D eigenvalue weighted by Gasteiger charge is -2.23. The Kier molecular flexibility index (Phi) is 5.74. The summed E-state index contributed by atoms with van der Waals surface area (Å²) in [4.78, 5) is 0. The summed E-state index contributed by atoms with van der Waals surface area (Å²) in [6.07, 6.45) is 7.17. The normalized spacial score (nSPS) is 13.7. The van der Waals surface area contributed by atoms with Gasteiger partial charge in [-0.3, -0.25) is 0 Å². The van der Waals surface area contributed by atoms with Crippen molar-refractivity contribution in [3.05, 3.63) is 29.3 Å². The molecule has 0 radical (unpaired) electrons. The van der Waals surface area contributed by atoms with Crippen LogP contribution >= 0.6 is 0 Å². The van der Waals surface area contributed by atoms with Gasteiger partial charge in [-0.1, -0.05) is 24.6 Å². The van der Waals surface area contributed by atoms with Gasteiger partial charge in [0.05, 0.1) is 7.11 Å². The van der Waals surface area contributed by atoms with Gasteiger partial charge in [0.25, 0.3) is 0 Å². The maximum absolute atomic E-state index is 5.42. The van der Waals surface area contributed by atoms with E-state index in [-0.39, 0.29) is 6.04 Å². The number of rotatable bonds is 6. The van der Waals surface area contributed by atoms with Crippen LogP contribution < -0.4 is 10.1 Å². The third-order valence-corrected chi connectivity index (χ3v) is 3.19. The Labute approximate surface area is 111 Å². The van der Waals surface area contributed by atoms with Crippen LogP contribution in [0, 0.1) is 19.3 Å². The van der Waals surface area contributed by atoms with E-state index in [4.69, 9.17) is 11.2 Å². The predicted octanol–water partition coefficient (Wildman–Crippen LogP) is 3.46. The lowest BCUT2D eigenvalue weighted by atomic mass is 10.0. The lowest BCUT2D eigenvalue weighted by molar-refractivity contribution is 0.391. The van der Waals surface area contributed by atoms with Crippen LogP contribution in [0.4, 0.5) is 0 Å². The van der Waals surface area contributed by atoms with Crippen molar-refractivity contribution in [1.82, 2.24) is 5.32 Å². The molecule has 1 aromatic rings. The fourth-order valence-corrected chi connectivity index (χ4v) is 2.10. The topological polar surface area (TPSA) is 21.3 Å². The quantitative estimate of drug-likeness (QED) is 0.775. The van der Waals surface area contributed by atoms with Crippen molar-refractivity contribution in [1.29, 1.82) is 0 Å². The Balaban J connectivity index is 2.85. The second-order valence-electron chi connectivity index (χ2n) is 4.65. The maximum atomic E-state index is 5.42. The molecule has 0 fully saturated rings. The average Bonchev–Trinajstić information content (AvgIpc) is 2.38. The zero-order valence-corrected chi connectivity index (χ0v) is 11.8. The fourth-order valence-electron chi connectivity index (χ4n) is 2.10. The second kappa shape index (κ2) is 7.08. The molecule has 1 N–H and O–H groups in total. The average molecular weight is 245 g/mol. The summed E-state index contributed by atoms with van der Waals surface area (Å²) in [5, 5.41) is 3.56. The Morgan fingerprint density at radius 3 is 2.72 bits per heavy atom. The number of nitrogens with one attached hydrogen (secondary N) is 1. The SMILES string of the molecule is C#CCC(CC)NC(C)c1cc(C)ccc1OC. The molecule has 0 aliphatic heterocycles. The first-order chi connectivity index (χ1) is 8.62. The summed E-state index contributed by atoms with van der Waals surface area (Å²) >= 11 is 0. The van der Waals surface area contributed by atoms with Gasteiger partial charge in [-0.25, -0.2) is 0 Å². The van der Waals surface area contributed by atoms with Crippen LogP contribution in [-0.2, 0) is 0 Å². The molecule has 2 atom stereocenters. The van der Waals surface area contributed by atoms with Gasteiger partial charge >= 0.3 is 0 Å². The number of ether oxygens (including phenoxy) is 1. The predicted molar refractivity (Wildman–Crippen MR) is 76.8 cm³/mol. The van der Waals surface area contributed by atoms with E-state index in [9.17, 15) is 0 Å². The van der Waals surface area contributed by atoms with Gasteiger partial charge in [-0.15, -0.1) is 12.3 Å². The molecule has 2 nitrogen and oxygen atoms in total. The summed E-state index contributed by atoms with van der Waals surface area (Å²) < 4.78 is 5.42. The zero-order valence-electron chi connectivity index (χ0n) is 11.8. The van der Waals surface area contributed by atoms with Gasteiger partial charge in [-0.05, 0) is 26.3 Å². The van der Waals surface area contributed by atoms with Gasteiger partial charge in [0.15, 0.2) is 0 Å². The summed E-state index contributed by atoms with van der Waals surface area (Å²) in [5.74, 6) is 3.65. The first-order valence-electron chi connectivity index (χ1n) is 6.46. The third kappa shape index (κ3) is 3.78. The summed E-state index contributed by atoms with van der Waals surface area (Å²) in [6.45, 7) is 6.39. The van der Waals surface area contributed by atoms with Crippen LogP contribution in [0.15, 0.2) is 18.2 Å². The Hall–Kier alpha value is -1.46. The molecular weight excluding hydrogens is 222 g/mol. The molecule has 0 heterocycles. The van der Waals surface area contributed by atoms with Crippen molar-refractivity contribution in [2.45, 2.75) is 45.7 Å². The second-order valence-corrected chi connectivity index (χ2v) is 4.65. The first kappa shape index (κ1) is 14.6. The number of hydrogen-bond donors (Lipinski definition) is 1. The van der Waals surface area contributed by atoms with Crippen LogP contribution in [-0.4, -0.2) is 13.2 Å². The highest BCUT2D eigenvalue weighted by molar-refractivity contribution is 5.38. The number of benzene rings is 1. The largest absolute Gasteiger partial charge is 0.496 e. The zero-order chi connectivity index (χ0) is 13.5. The molecular formula is C16H23NO. The van der Waals surface area contributed by atoms with Crippen molar-refractivity contribution < 1.29 is 4.74 Å². The molecule has 0 aliphatic rings. The van der Waals surface area contributed by atoms with Crippen molar-refractivity contribution in [2.24, 2.45) is 0 Å². The highest BCUT2D eigenvalue weighted by Crippen LogP contribution is 2.26. The summed E-state index contributed by atoms with van der Waals surface area (Å²) in [6, 6.07) is 6.84. The molecule has 0 bridgehead atoms. The van der Waals surface area contributed by atoms with Crippen LogP contribution in [0.1, 0.15) is 43.9 Å². The van der Waals surface area contributed by atoms with Crippen molar-refractivity contribution in [3.63, 3.8) is 0 Å². The number of hydrogen-bond acceptors (Lipinski definition) is 2. The molecule has 2 unspecified atom stereocenters. The molecule has 18 heavy (non-hydrogen) atoms. The van der Waals surface area contributed by atoms with E-state index in [0.717, 1.165) is 18.6 Å². The molecule has 1 aromatic carbocycles. The molecule has 0 aromatic heterocycles. The van der Waals surface area contributed by atoms with Crippen molar-refractivity contribution in [2.75, 3.05) is 7.11 Å². The standard InChI is InChI=1S/C16H23NO/c1-6-8-14(7-2)17-13(4)15-11-12(3)9-10-16(15)18-5/h1,9-11,13-14,17H,7-8H2,2-5H3. The summed E-state index contributed by atoms with van der Waals surface area (Å²) in [5.41, 5.74) is 2.43. The smallest absolute Gasteiger partial charge is 0.123 e. The molecule has 98 valence electrons. The number of aryl methyl sites for hydroxylation is 1. The lowest BCUT2D eigenvalue weighted by Crippen LogP contribution is -2.30. The third-order valence-electron chi connectivity index (χ3n) is 3.19. The highest BCUT2D eigenvalue weighted by Gasteiger charge is 2.14. The van der Waals surface area contributed by atoms with Gasteiger partial charge < -0.3 is 10.1 Å². The Bertz CT molecular complexity index is 420. The number of methoxy groups -OCH3 is 1. The number of terminal acetylenes is 1. The molecule has 2 heteroatoms. The van der Waals surface area contributed by atoms with E-state index in [1.165, 1.54) is 11.1 Å². The monoisotopic (exact) mass is 245 g/mol. The van der Waals surface area contributed by atoms with Crippen molar-refractivity contribution in [3.8, 4) is 18.1 Å². The van der Waals surface area contributed by atoms with Gasteiger partial charge in [0.1, 0.15) is 5.75 Å². The van der Waals surface area contributed by atoms with Gasteiger partial charge in [0.2, 0.25) is 0 Å². The maximum Gasteiger partial charge on any atom is 0.123 e. The highest BCUT2D eigenvalue weighted by atomic mass is 16.5. The van der Waals surface area contributed by atoms with Crippen LogP contribution in [0.25, 0.3) is 0 Å². The van der Waals surface area contributed by atoms with E-state index < -0.39 is 0 Å².